The predicted octanol–water partition coefficient (Wildman–Crippen LogP) is 5.87. The Bertz CT molecular complexity index is 1940. The molecule has 0 aliphatic carbocycles. The Morgan fingerprint density at radius 1 is 0.974 bits per heavy atom. The van der Waals surface area contributed by atoms with Gasteiger partial charge in [0.05, 0.1) is 41.2 Å². The third-order valence-electron chi connectivity index (χ3n) is 6.42. The van der Waals surface area contributed by atoms with Crippen LogP contribution in [0.1, 0.15) is 5.56 Å². The van der Waals surface area contributed by atoms with E-state index in [0.29, 0.717) is 28.5 Å². The number of hydrogen-bond acceptors (Lipinski definition) is 7. The molecule has 39 heavy (non-hydrogen) atoms. The SMILES string of the molecule is O=C(Cc1ccccc1)Nc1cncc(-c2cc3c(-c4nc5nccc(-c6ccsc6)c5[nH]4)n[nH]c3cn2)c1. The minimum absolute atomic E-state index is 0.110. The van der Waals surface area contributed by atoms with Gasteiger partial charge in [0.1, 0.15) is 5.69 Å². The number of amides is 1. The minimum atomic E-state index is -0.110. The summed E-state index contributed by atoms with van der Waals surface area (Å²) in [6.07, 6.45) is 7.14. The second-order valence-corrected chi connectivity index (χ2v) is 9.79. The largest absolute Gasteiger partial charge is 0.335 e. The molecule has 9 nitrogen and oxygen atoms in total. The number of rotatable bonds is 6. The van der Waals surface area contributed by atoms with Crippen molar-refractivity contribution in [3.05, 3.63) is 95.7 Å². The first kappa shape index (κ1) is 22.9. The second-order valence-electron chi connectivity index (χ2n) is 9.01. The first-order valence-electron chi connectivity index (χ1n) is 12.2. The van der Waals surface area contributed by atoms with Crippen LogP contribution in [0.3, 0.4) is 0 Å². The van der Waals surface area contributed by atoms with Crippen LogP contribution < -0.4 is 5.32 Å². The van der Waals surface area contributed by atoms with Gasteiger partial charge in [-0.05, 0) is 46.2 Å². The lowest BCUT2D eigenvalue weighted by molar-refractivity contribution is -0.115. The van der Waals surface area contributed by atoms with E-state index in [9.17, 15) is 4.79 Å². The summed E-state index contributed by atoms with van der Waals surface area (Å²) in [5, 5.41) is 15.5. The average Bonchev–Trinajstić information content (AvgIpc) is 3.73. The van der Waals surface area contributed by atoms with Gasteiger partial charge in [-0.3, -0.25) is 19.9 Å². The number of benzene rings is 1. The predicted molar refractivity (Wildman–Crippen MR) is 152 cm³/mol. The summed E-state index contributed by atoms with van der Waals surface area (Å²) in [6.45, 7) is 0. The number of nitrogens with one attached hydrogen (secondary N) is 3. The molecule has 0 radical (unpaired) electrons. The number of hydrogen-bond donors (Lipinski definition) is 3. The van der Waals surface area contributed by atoms with Gasteiger partial charge in [0, 0.05) is 28.9 Å². The maximum Gasteiger partial charge on any atom is 0.228 e. The molecule has 3 N–H and O–H groups in total. The summed E-state index contributed by atoms with van der Waals surface area (Å²) in [6, 6.07) is 17.5. The number of anilines is 1. The third-order valence-corrected chi connectivity index (χ3v) is 7.10. The molecule has 1 amide bonds. The fourth-order valence-corrected chi connectivity index (χ4v) is 5.23. The van der Waals surface area contributed by atoms with E-state index in [1.807, 2.05) is 53.9 Å². The Labute approximate surface area is 226 Å². The highest BCUT2D eigenvalue weighted by atomic mass is 32.1. The van der Waals surface area contributed by atoms with E-state index >= 15 is 0 Å². The Hall–Kier alpha value is -5.22. The normalized spacial score (nSPS) is 11.3. The van der Waals surface area contributed by atoms with Gasteiger partial charge in [0.25, 0.3) is 0 Å². The maximum atomic E-state index is 12.6. The van der Waals surface area contributed by atoms with Crippen molar-refractivity contribution in [3.8, 4) is 33.9 Å². The van der Waals surface area contributed by atoms with E-state index < -0.39 is 0 Å². The van der Waals surface area contributed by atoms with Crippen LogP contribution >= 0.6 is 11.3 Å². The molecule has 10 heteroatoms. The van der Waals surface area contributed by atoms with Gasteiger partial charge >= 0.3 is 0 Å². The molecule has 0 atom stereocenters. The molecule has 0 bridgehead atoms. The van der Waals surface area contributed by atoms with Gasteiger partial charge in [0.15, 0.2) is 11.5 Å². The zero-order chi connectivity index (χ0) is 26.2. The van der Waals surface area contributed by atoms with Gasteiger partial charge in [0.2, 0.25) is 5.91 Å². The summed E-state index contributed by atoms with van der Waals surface area (Å²) >= 11 is 1.65. The minimum Gasteiger partial charge on any atom is -0.335 e. The van der Waals surface area contributed by atoms with E-state index in [1.54, 1.807) is 36.1 Å². The van der Waals surface area contributed by atoms with E-state index in [0.717, 1.165) is 38.7 Å². The fraction of sp³-hybridized carbons (Fsp3) is 0.0345. The van der Waals surface area contributed by atoms with Gasteiger partial charge in [-0.1, -0.05) is 30.3 Å². The molecular formula is C29H20N8OS. The van der Waals surface area contributed by atoms with Crippen molar-refractivity contribution < 1.29 is 4.79 Å². The quantitative estimate of drug-likeness (QED) is 0.248. The summed E-state index contributed by atoms with van der Waals surface area (Å²) in [5.74, 6) is 0.504. The van der Waals surface area contributed by atoms with Crippen LogP contribution in [0.15, 0.2) is 90.1 Å². The van der Waals surface area contributed by atoms with E-state index in [4.69, 9.17) is 4.98 Å². The number of aromatic amines is 2. The van der Waals surface area contributed by atoms with Crippen LogP contribution in [0.2, 0.25) is 0 Å². The summed E-state index contributed by atoms with van der Waals surface area (Å²) < 4.78 is 0. The van der Waals surface area contributed by atoms with Crippen LogP contribution in [-0.2, 0) is 11.2 Å². The van der Waals surface area contributed by atoms with Crippen molar-refractivity contribution in [2.24, 2.45) is 0 Å². The number of carbonyl (C=O) groups excluding carboxylic acids is 1. The topological polar surface area (TPSA) is 125 Å². The van der Waals surface area contributed by atoms with Crippen molar-refractivity contribution in [1.29, 1.82) is 0 Å². The van der Waals surface area contributed by atoms with Crippen molar-refractivity contribution in [2.45, 2.75) is 6.42 Å². The molecule has 1 aromatic carbocycles. The molecule has 0 unspecified atom stereocenters. The molecule has 0 saturated carbocycles. The Morgan fingerprint density at radius 2 is 1.90 bits per heavy atom. The van der Waals surface area contributed by atoms with Crippen molar-refractivity contribution in [1.82, 2.24) is 35.1 Å². The Balaban J connectivity index is 1.21. The number of pyridine rings is 3. The number of thiophene rings is 1. The van der Waals surface area contributed by atoms with Crippen molar-refractivity contribution in [2.75, 3.05) is 5.32 Å². The highest BCUT2D eigenvalue weighted by Gasteiger charge is 2.17. The van der Waals surface area contributed by atoms with E-state index in [-0.39, 0.29) is 12.3 Å². The Kier molecular flexibility index (Phi) is 5.64. The Morgan fingerprint density at radius 3 is 2.77 bits per heavy atom. The average molecular weight is 529 g/mol. The molecule has 0 aliphatic heterocycles. The molecule has 188 valence electrons. The van der Waals surface area contributed by atoms with Crippen LogP contribution in [-0.4, -0.2) is 41.0 Å². The van der Waals surface area contributed by atoms with Crippen molar-refractivity contribution >= 4 is 45.0 Å². The monoisotopic (exact) mass is 528 g/mol. The van der Waals surface area contributed by atoms with E-state index in [2.05, 4.69) is 46.9 Å². The molecule has 7 rings (SSSR count). The molecular weight excluding hydrogens is 508 g/mol. The summed E-state index contributed by atoms with van der Waals surface area (Å²) in [4.78, 5) is 34.1. The second kappa shape index (κ2) is 9.58. The van der Waals surface area contributed by atoms with Crippen LogP contribution in [0.25, 0.3) is 56.0 Å². The maximum absolute atomic E-state index is 12.6. The molecule has 0 fully saturated rings. The number of fused-ring (bicyclic) bond motifs is 2. The number of carbonyl (C=O) groups is 1. The number of H-pyrrole nitrogens is 2. The number of aromatic nitrogens is 7. The first-order valence-corrected chi connectivity index (χ1v) is 13.2. The number of nitrogens with zero attached hydrogens (tertiary/aromatic N) is 5. The molecule has 0 saturated heterocycles. The lowest BCUT2D eigenvalue weighted by atomic mass is 10.1. The summed E-state index contributed by atoms with van der Waals surface area (Å²) in [7, 11) is 0. The fourth-order valence-electron chi connectivity index (χ4n) is 4.57. The highest BCUT2D eigenvalue weighted by molar-refractivity contribution is 7.08. The van der Waals surface area contributed by atoms with Gasteiger partial charge in [-0.25, -0.2) is 9.97 Å². The lowest BCUT2D eigenvalue weighted by Crippen LogP contribution is -2.14. The van der Waals surface area contributed by atoms with E-state index in [1.165, 1.54) is 0 Å². The molecule has 6 aromatic heterocycles. The highest BCUT2D eigenvalue weighted by Crippen LogP contribution is 2.32. The zero-order valence-corrected chi connectivity index (χ0v) is 21.2. The van der Waals surface area contributed by atoms with Gasteiger partial charge in [-0.15, -0.1) is 0 Å². The smallest absolute Gasteiger partial charge is 0.228 e. The molecule has 7 aromatic rings. The van der Waals surface area contributed by atoms with Crippen LogP contribution in [0, 0.1) is 0 Å². The third kappa shape index (κ3) is 4.42. The summed E-state index contributed by atoms with van der Waals surface area (Å²) in [5.41, 5.74) is 8.11. The van der Waals surface area contributed by atoms with Gasteiger partial charge < -0.3 is 10.3 Å². The lowest BCUT2D eigenvalue weighted by Gasteiger charge is -2.07. The molecule has 0 spiro atoms. The standard InChI is InChI=1S/C29H20N8OS/c38-25(10-17-4-2-1-3-5-17)33-20-11-19(13-30-14-20)23-12-22-24(15-32-23)36-37-27(22)29-34-26-21(18-7-9-39-16-18)6-8-31-28(26)35-29/h1-9,11-16H,10H2,(H,33,38)(H,36,37)(H,31,34,35). The molecule has 6 heterocycles. The zero-order valence-electron chi connectivity index (χ0n) is 20.4. The van der Waals surface area contributed by atoms with Crippen LogP contribution in [0.4, 0.5) is 5.69 Å². The van der Waals surface area contributed by atoms with Crippen LogP contribution in [0.5, 0.6) is 0 Å². The molecule has 0 aliphatic rings. The van der Waals surface area contributed by atoms with Crippen molar-refractivity contribution in [3.63, 3.8) is 0 Å². The van der Waals surface area contributed by atoms with Gasteiger partial charge in [-0.2, -0.15) is 16.4 Å². The first-order chi connectivity index (χ1) is 19.2. The number of imidazole rings is 1.